The maximum Gasteiger partial charge on any atom is 0.472 e. The van der Waals surface area contributed by atoms with Crippen LogP contribution in [-0.4, -0.2) is 74.9 Å². The summed E-state index contributed by atoms with van der Waals surface area (Å²) in [6, 6.07) is 0. The summed E-state index contributed by atoms with van der Waals surface area (Å²) < 4.78 is 34.2. The Hall–Kier alpha value is -2.03. The molecule has 0 aliphatic heterocycles. The van der Waals surface area contributed by atoms with Crippen molar-refractivity contribution in [3.05, 3.63) is 48.6 Å². The van der Waals surface area contributed by atoms with Crippen LogP contribution in [0.25, 0.3) is 0 Å². The van der Waals surface area contributed by atoms with Crippen LogP contribution in [0.5, 0.6) is 0 Å². The summed E-state index contributed by atoms with van der Waals surface area (Å²) in [7, 11) is 1.45. The fraction of sp³-hybridized carbons (Fsp3) is 0.773. The van der Waals surface area contributed by atoms with Crippen molar-refractivity contribution < 1.29 is 42.1 Å². The van der Waals surface area contributed by atoms with Gasteiger partial charge in [-0.1, -0.05) is 127 Å². The van der Waals surface area contributed by atoms with E-state index in [0.29, 0.717) is 23.9 Å². The van der Waals surface area contributed by atoms with E-state index >= 15 is 0 Å². The van der Waals surface area contributed by atoms with Gasteiger partial charge in [0.1, 0.15) is 19.8 Å². The van der Waals surface area contributed by atoms with Gasteiger partial charge in [0.2, 0.25) is 0 Å². The molecule has 0 aromatic heterocycles. The number of hydrogen-bond acceptors (Lipinski definition) is 7. The van der Waals surface area contributed by atoms with Crippen LogP contribution in [0, 0.1) is 0 Å². The third kappa shape index (κ3) is 39.7. The highest BCUT2D eigenvalue weighted by molar-refractivity contribution is 7.47. The summed E-state index contributed by atoms with van der Waals surface area (Å²) in [5.41, 5.74) is 0. The lowest BCUT2D eigenvalue weighted by Gasteiger charge is -2.24. The first-order valence-electron chi connectivity index (χ1n) is 21.4. The molecule has 1 unspecified atom stereocenters. The highest BCUT2D eigenvalue weighted by atomic mass is 31.2. The highest BCUT2D eigenvalue weighted by Crippen LogP contribution is 2.43. The number of phosphoric acid groups is 1. The zero-order valence-corrected chi connectivity index (χ0v) is 36.1. The third-order valence-corrected chi connectivity index (χ3v) is 9.82. The van der Waals surface area contributed by atoms with Gasteiger partial charge in [-0.05, 0) is 77.0 Å². The monoisotopic (exact) mass is 783 g/mol. The number of rotatable bonds is 38. The molecule has 0 radical (unpaired) electrons. The predicted octanol–water partition coefficient (Wildman–Crippen LogP) is 11.9. The van der Waals surface area contributed by atoms with Crippen LogP contribution in [0.2, 0.25) is 0 Å². The number of nitrogens with zero attached hydrogens (tertiary/aromatic N) is 1. The van der Waals surface area contributed by atoms with E-state index in [2.05, 4.69) is 62.5 Å². The maximum absolute atomic E-state index is 12.7. The molecular formula is C44H81NO8P+. The number of quaternary nitrogens is 1. The minimum Gasteiger partial charge on any atom is -0.462 e. The molecule has 1 N–H and O–H groups in total. The number of carbonyl (C=O) groups excluding carboxylic acids is 2. The van der Waals surface area contributed by atoms with Gasteiger partial charge in [0.15, 0.2) is 6.10 Å². The highest BCUT2D eigenvalue weighted by Gasteiger charge is 2.27. The molecule has 0 saturated carbocycles. The fourth-order valence-electron chi connectivity index (χ4n) is 5.43. The molecule has 0 amide bonds. The van der Waals surface area contributed by atoms with Crippen molar-refractivity contribution >= 4 is 19.8 Å². The van der Waals surface area contributed by atoms with Crippen molar-refractivity contribution in [3.8, 4) is 0 Å². The van der Waals surface area contributed by atoms with E-state index in [1.54, 1.807) is 0 Å². The van der Waals surface area contributed by atoms with E-state index in [-0.39, 0.29) is 26.1 Å². The summed E-state index contributed by atoms with van der Waals surface area (Å²) in [5, 5.41) is 0. The van der Waals surface area contributed by atoms with Gasteiger partial charge in [0.05, 0.1) is 27.7 Å². The van der Waals surface area contributed by atoms with Gasteiger partial charge >= 0.3 is 19.8 Å². The van der Waals surface area contributed by atoms with Crippen molar-refractivity contribution in [2.24, 2.45) is 0 Å². The predicted molar refractivity (Wildman–Crippen MR) is 224 cm³/mol. The van der Waals surface area contributed by atoms with Gasteiger partial charge in [0.25, 0.3) is 0 Å². The number of esters is 2. The quantitative estimate of drug-likeness (QED) is 0.0217. The molecule has 10 heteroatoms. The van der Waals surface area contributed by atoms with Crippen molar-refractivity contribution in [2.45, 2.75) is 174 Å². The Morgan fingerprint density at radius 3 is 1.57 bits per heavy atom. The number of phosphoric ester groups is 1. The smallest absolute Gasteiger partial charge is 0.462 e. The summed E-state index contributed by atoms with van der Waals surface area (Å²) in [4.78, 5) is 35.3. The number of allylic oxidation sites excluding steroid dienone is 8. The van der Waals surface area contributed by atoms with Crippen LogP contribution >= 0.6 is 7.82 Å². The van der Waals surface area contributed by atoms with E-state index in [1.807, 2.05) is 21.1 Å². The van der Waals surface area contributed by atoms with Crippen molar-refractivity contribution in [2.75, 3.05) is 47.5 Å². The minimum absolute atomic E-state index is 0.0235. The average Bonchev–Trinajstić information content (AvgIpc) is 3.12. The van der Waals surface area contributed by atoms with Gasteiger partial charge in [-0.15, -0.1) is 0 Å². The second kappa shape index (κ2) is 36.6. The Morgan fingerprint density at radius 2 is 1.00 bits per heavy atom. The molecule has 0 saturated heterocycles. The molecule has 0 rings (SSSR count). The average molecular weight is 783 g/mol. The van der Waals surface area contributed by atoms with Crippen LogP contribution in [0.4, 0.5) is 0 Å². The lowest BCUT2D eigenvalue weighted by molar-refractivity contribution is -0.870. The second-order valence-electron chi connectivity index (χ2n) is 15.4. The first-order valence-corrected chi connectivity index (χ1v) is 22.9. The maximum atomic E-state index is 12.7. The molecule has 0 fully saturated rings. The number of unbranched alkanes of at least 4 members (excludes halogenated alkanes) is 16. The topological polar surface area (TPSA) is 108 Å². The lowest BCUT2D eigenvalue weighted by atomic mass is 10.1. The summed E-state index contributed by atoms with van der Waals surface area (Å²) in [5.74, 6) is -0.851. The van der Waals surface area contributed by atoms with E-state index < -0.39 is 32.5 Å². The van der Waals surface area contributed by atoms with Gasteiger partial charge < -0.3 is 18.9 Å². The Morgan fingerprint density at radius 1 is 0.574 bits per heavy atom. The molecule has 0 aliphatic carbocycles. The van der Waals surface area contributed by atoms with Gasteiger partial charge in [-0.3, -0.25) is 18.6 Å². The van der Waals surface area contributed by atoms with E-state index in [4.69, 9.17) is 18.5 Å². The number of hydrogen-bond donors (Lipinski definition) is 1. The molecular weight excluding hydrogens is 701 g/mol. The number of likely N-dealkylation sites (N-methyl/N-ethyl adjacent to an activating group) is 1. The molecule has 0 aromatic carbocycles. The normalized spacial score (nSPS) is 14.1. The molecule has 314 valence electrons. The van der Waals surface area contributed by atoms with Crippen LogP contribution in [0.1, 0.15) is 168 Å². The standard InChI is InChI=1S/C44H80NO8P/c1-6-8-10-12-14-16-18-20-22-24-26-28-30-32-34-36-43(46)50-40-42(41-52-54(48,49)51-39-38-45(3,4)5)53-44(47)37-35-33-31-29-27-25-23-21-19-17-15-13-11-9-7-2/h14,16-17,19-20,22,26,28,42H,6-13,15,18,21,23-25,27,29-41H2,1-5H3/p+1/b16-14+,19-17+,22-20+,28-26+/t42-/m1/s1. The first-order chi connectivity index (χ1) is 26.0. The summed E-state index contributed by atoms with van der Waals surface area (Å²) >= 11 is 0. The molecule has 9 nitrogen and oxygen atoms in total. The largest absolute Gasteiger partial charge is 0.472 e. The van der Waals surface area contributed by atoms with Gasteiger partial charge in [-0.2, -0.15) is 0 Å². The third-order valence-electron chi connectivity index (χ3n) is 8.83. The fourth-order valence-corrected chi connectivity index (χ4v) is 6.17. The molecule has 0 spiro atoms. The molecule has 0 heterocycles. The number of carbonyl (C=O) groups is 2. The molecule has 54 heavy (non-hydrogen) atoms. The Labute approximate surface area is 331 Å². The van der Waals surface area contributed by atoms with Gasteiger partial charge in [-0.25, -0.2) is 4.57 Å². The minimum atomic E-state index is -4.38. The zero-order valence-electron chi connectivity index (χ0n) is 35.2. The van der Waals surface area contributed by atoms with Crippen molar-refractivity contribution in [3.63, 3.8) is 0 Å². The van der Waals surface area contributed by atoms with Crippen molar-refractivity contribution in [1.29, 1.82) is 0 Å². The molecule has 0 aromatic rings. The Kier molecular flexibility index (Phi) is 35.2. The van der Waals surface area contributed by atoms with Crippen LogP contribution in [0.15, 0.2) is 48.6 Å². The first kappa shape index (κ1) is 52.0. The van der Waals surface area contributed by atoms with Gasteiger partial charge in [0, 0.05) is 12.8 Å². The van der Waals surface area contributed by atoms with Crippen LogP contribution in [-0.2, 0) is 32.7 Å². The van der Waals surface area contributed by atoms with Crippen LogP contribution in [0.3, 0.4) is 0 Å². The molecule has 0 aliphatic rings. The zero-order chi connectivity index (χ0) is 40.0. The van der Waals surface area contributed by atoms with E-state index in [9.17, 15) is 19.0 Å². The van der Waals surface area contributed by atoms with Crippen molar-refractivity contribution in [1.82, 2.24) is 0 Å². The Balaban J connectivity index is 4.46. The SMILES string of the molecule is CCCCC/C=C/C/C=C/C/C=C/CCCCC(=O)OC[C@H](COP(=O)(O)OCC[N+](C)(C)C)OC(=O)CCCCCCCCC/C=C/CCCCCC. The summed E-state index contributed by atoms with van der Waals surface area (Å²) in [6.07, 6.45) is 41.5. The van der Waals surface area contributed by atoms with Crippen LogP contribution < -0.4 is 0 Å². The summed E-state index contributed by atoms with van der Waals surface area (Å²) in [6.45, 7) is 4.32. The van der Waals surface area contributed by atoms with E-state index in [0.717, 1.165) is 57.8 Å². The Bertz CT molecular complexity index is 1070. The lowest BCUT2D eigenvalue weighted by Crippen LogP contribution is -2.37. The second-order valence-corrected chi connectivity index (χ2v) is 16.8. The molecule has 2 atom stereocenters. The molecule has 0 bridgehead atoms. The van der Waals surface area contributed by atoms with E-state index in [1.165, 1.54) is 70.6 Å². The number of ether oxygens (including phenoxy) is 2.